The van der Waals surface area contributed by atoms with Crippen molar-refractivity contribution in [3.63, 3.8) is 0 Å². The zero-order valence-electron chi connectivity index (χ0n) is 20.4. The molecule has 2 atom stereocenters. The molecule has 1 spiro atoms. The minimum Gasteiger partial charge on any atom is -0.478 e. The van der Waals surface area contributed by atoms with E-state index in [1.807, 2.05) is 48.5 Å². The van der Waals surface area contributed by atoms with E-state index in [4.69, 9.17) is 16.3 Å². The number of para-hydroxylation sites is 1. The van der Waals surface area contributed by atoms with Crippen LogP contribution in [0.3, 0.4) is 0 Å². The molecule has 3 aliphatic rings. The van der Waals surface area contributed by atoms with Gasteiger partial charge in [0.1, 0.15) is 6.61 Å². The van der Waals surface area contributed by atoms with Crippen LogP contribution in [0.15, 0.2) is 66.7 Å². The molecule has 8 heteroatoms. The topological polar surface area (TPSA) is 87.2 Å². The molecular weight excluding hydrogens is 492 g/mol. The van der Waals surface area contributed by atoms with Gasteiger partial charge < -0.3 is 9.84 Å². The highest BCUT2D eigenvalue weighted by atomic mass is 35.5. The lowest BCUT2D eigenvalue weighted by molar-refractivity contribution is -0.120. The Balaban J connectivity index is 1.53. The second kappa shape index (κ2) is 8.08. The predicted molar refractivity (Wildman–Crippen MR) is 140 cm³/mol. The molecule has 1 saturated heterocycles. The lowest BCUT2D eigenvalue weighted by atomic mass is 9.75. The molecule has 1 aliphatic carbocycles. The van der Waals surface area contributed by atoms with E-state index < -0.39 is 22.9 Å². The van der Waals surface area contributed by atoms with Gasteiger partial charge in [-0.3, -0.25) is 14.6 Å². The third kappa shape index (κ3) is 3.16. The highest BCUT2D eigenvalue weighted by Gasteiger charge is 2.77. The molecule has 3 aromatic rings. The minimum absolute atomic E-state index is 0.0120. The number of benzene rings is 3. The maximum atomic E-state index is 14.5. The first-order valence-electron chi connectivity index (χ1n) is 12.2. The maximum absolute atomic E-state index is 14.5. The number of carboxylic acid groups (broad SMARTS) is 1. The highest BCUT2D eigenvalue weighted by Crippen LogP contribution is 2.73. The molecule has 0 unspecified atom stereocenters. The Bertz CT molecular complexity index is 1470. The zero-order valence-corrected chi connectivity index (χ0v) is 21.2. The van der Waals surface area contributed by atoms with Crippen LogP contribution in [0, 0.1) is 5.92 Å². The monoisotopic (exact) mass is 516 g/mol. The summed E-state index contributed by atoms with van der Waals surface area (Å²) in [4.78, 5) is 41.9. The Morgan fingerprint density at radius 2 is 1.73 bits per heavy atom. The average molecular weight is 517 g/mol. The number of cyclic esters (lactones) is 1. The first kappa shape index (κ1) is 23.6. The summed E-state index contributed by atoms with van der Waals surface area (Å²) in [6, 6.07) is 20.0. The first-order valence-corrected chi connectivity index (χ1v) is 12.6. The van der Waals surface area contributed by atoms with Gasteiger partial charge in [0.2, 0.25) is 5.91 Å². The number of carbonyl (C=O) groups is 3. The molecule has 2 fully saturated rings. The van der Waals surface area contributed by atoms with Crippen LogP contribution in [0.2, 0.25) is 5.02 Å². The number of nitrogens with zero attached hydrogens (tertiary/aromatic N) is 2. The van der Waals surface area contributed by atoms with Gasteiger partial charge in [-0.05, 0) is 59.9 Å². The Morgan fingerprint density at radius 1 is 1.03 bits per heavy atom. The van der Waals surface area contributed by atoms with Gasteiger partial charge in [0, 0.05) is 10.4 Å². The Labute approximate surface area is 219 Å². The second-order valence-electron chi connectivity index (χ2n) is 10.2. The molecule has 1 saturated carbocycles. The summed E-state index contributed by atoms with van der Waals surface area (Å²) < 4.78 is 5.07. The Kier molecular flexibility index (Phi) is 5.14. The predicted octanol–water partition coefficient (Wildman–Crippen LogP) is 5.91. The summed E-state index contributed by atoms with van der Waals surface area (Å²) in [5.41, 5.74) is 2.24. The molecule has 2 amide bonds. The number of hydrogen-bond donors (Lipinski definition) is 1. The number of halogens is 1. The first-order chi connectivity index (χ1) is 17.7. The number of fused-ring (bicyclic) bond motifs is 2. The molecule has 188 valence electrons. The van der Waals surface area contributed by atoms with E-state index in [2.05, 4.69) is 13.8 Å². The smallest absolute Gasteiger partial charge is 0.414 e. The number of ether oxygens (including phenoxy) is 1. The van der Waals surface area contributed by atoms with Gasteiger partial charge in [-0.1, -0.05) is 55.8 Å². The van der Waals surface area contributed by atoms with Gasteiger partial charge in [0.15, 0.2) is 0 Å². The summed E-state index contributed by atoms with van der Waals surface area (Å²) in [7, 11) is 0. The second-order valence-corrected chi connectivity index (χ2v) is 10.6. The summed E-state index contributed by atoms with van der Waals surface area (Å²) in [6.07, 6.45) is 0.0946. The zero-order chi connectivity index (χ0) is 26.1. The Morgan fingerprint density at radius 3 is 2.38 bits per heavy atom. The fraction of sp³-hybridized carbons (Fsp3) is 0.276. The quantitative estimate of drug-likeness (QED) is 0.455. The number of carboxylic acids is 1. The van der Waals surface area contributed by atoms with E-state index in [0.29, 0.717) is 29.4 Å². The van der Waals surface area contributed by atoms with E-state index >= 15 is 0 Å². The Hall–Kier alpha value is -3.84. The maximum Gasteiger partial charge on any atom is 0.414 e. The van der Waals surface area contributed by atoms with E-state index in [1.165, 1.54) is 17.0 Å². The molecule has 6 rings (SSSR count). The van der Waals surface area contributed by atoms with E-state index in [-0.39, 0.29) is 24.0 Å². The van der Waals surface area contributed by atoms with Gasteiger partial charge in [-0.2, -0.15) is 0 Å². The van der Waals surface area contributed by atoms with Crippen LogP contribution < -0.4 is 9.80 Å². The summed E-state index contributed by atoms with van der Waals surface area (Å²) in [6.45, 7) is 4.79. The third-order valence-electron chi connectivity index (χ3n) is 8.18. The molecule has 3 aromatic carbocycles. The molecule has 7 nitrogen and oxygen atoms in total. The average Bonchev–Trinajstić information content (AvgIpc) is 3.32. The fourth-order valence-corrected chi connectivity index (χ4v) is 6.56. The van der Waals surface area contributed by atoms with Crippen molar-refractivity contribution in [1.82, 2.24) is 0 Å². The molecule has 2 aliphatic heterocycles. The van der Waals surface area contributed by atoms with Crippen LogP contribution >= 0.6 is 11.6 Å². The van der Waals surface area contributed by atoms with Crippen molar-refractivity contribution in [3.05, 3.63) is 88.4 Å². The largest absolute Gasteiger partial charge is 0.478 e. The van der Waals surface area contributed by atoms with E-state index in [0.717, 1.165) is 16.8 Å². The minimum atomic E-state index is -1.14. The van der Waals surface area contributed by atoms with Crippen LogP contribution in [0.25, 0.3) is 0 Å². The van der Waals surface area contributed by atoms with Crippen molar-refractivity contribution < 1.29 is 24.2 Å². The number of anilines is 3. The van der Waals surface area contributed by atoms with Crippen molar-refractivity contribution in [3.8, 4) is 0 Å². The van der Waals surface area contributed by atoms with E-state index in [1.54, 1.807) is 11.0 Å². The summed E-state index contributed by atoms with van der Waals surface area (Å²) >= 11 is 6.19. The van der Waals surface area contributed by atoms with E-state index in [9.17, 15) is 19.5 Å². The lowest BCUT2D eigenvalue weighted by Crippen LogP contribution is -2.36. The third-order valence-corrected chi connectivity index (χ3v) is 8.43. The molecule has 1 N–H and O–H groups in total. The lowest BCUT2D eigenvalue weighted by Gasteiger charge is -2.27. The van der Waals surface area contributed by atoms with Crippen LogP contribution in [0.5, 0.6) is 0 Å². The van der Waals surface area contributed by atoms with Gasteiger partial charge in [-0.15, -0.1) is 0 Å². The normalized spacial score (nSPS) is 24.1. The number of carbonyl (C=O) groups excluding carboxylic acids is 2. The number of amides is 2. The van der Waals surface area contributed by atoms with Crippen molar-refractivity contribution in [2.24, 2.45) is 5.92 Å². The van der Waals surface area contributed by atoms with Gasteiger partial charge in [-0.25, -0.2) is 9.59 Å². The fourth-order valence-electron chi connectivity index (χ4n) is 6.43. The van der Waals surface area contributed by atoms with Crippen LogP contribution in [-0.4, -0.2) is 36.2 Å². The highest BCUT2D eigenvalue weighted by molar-refractivity contribution is 6.30. The van der Waals surface area contributed by atoms with Crippen molar-refractivity contribution in [2.75, 3.05) is 23.0 Å². The summed E-state index contributed by atoms with van der Waals surface area (Å²) in [5, 5.41) is 10.5. The standard InChI is InChI=1S/C29H25ClN2O5/c1-17(2)28(19-7-9-20(30)10-8-19)16-29(28)23-5-3-4-6-24(23)32(26(29)35)22-14-18(25(33)34)13-21(15-22)31-11-12-37-27(31)36/h3-10,13-15,17H,11-12,16H2,1-2H3,(H,33,34)/t28-,29-/m0/s1. The summed E-state index contributed by atoms with van der Waals surface area (Å²) in [5.74, 6) is -1.10. The van der Waals surface area contributed by atoms with Gasteiger partial charge in [0.25, 0.3) is 0 Å². The van der Waals surface area contributed by atoms with Crippen LogP contribution in [0.4, 0.5) is 21.9 Å². The van der Waals surface area contributed by atoms with Crippen molar-refractivity contribution >= 4 is 46.6 Å². The molecule has 2 heterocycles. The van der Waals surface area contributed by atoms with Crippen molar-refractivity contribution in [1.29, 1.82) is 0 Å². The van der Waals surface area contributed by atoms with Crippen molar-refractivity contribution in [2.45, 2.75) is 31.1 Å². The molecule has 0 aromatic heterocycles. The molecule has 0 bridgehead atoms. The molecule has 0 radical (unpaired) electrons. The number of aromatic carboxylic acids is 1. The van der Waals surface area contributed by atoms with Gasteiger partial charge in [0.05, 0.1) is 34.6 Å². The molecular formula is C29H25ClN2O5. The number of rotatable bonds is 5. The number of hydrogen-bond acceptors (Lipinski definition) is 4. The van der Waals surface area contributed by atoms with Crippen LogP contribution in [0.1, 0.15) is 41.8 Å². The SMILES string of the molecule is CC(C)[C@]1(c2ccc(Cl)cc2)C[C@]12C(=O)N(c1cc(C(=O)O)cc(N3CCOC3=O)c1)c1ccccc12. The van der Waals surface area contributed by atoms with Gasteiger partial charge >= 0.3 is 12.1 Å². The van der Waals surface area contributed by atoms with Crippen LogP contribution in [-0.2, 0) is 20.4 Å². The molecule has 37 heavy (non-hydrogen) atoms.